The molecule has 7 heteroatoms. The van der Waals surface area contributed by atoms with Crippen molar-refractivity contribution in [3.63, 3.8) is 0 Å². The van der Waals surface area contributed by atoms with Crippen LogP contribution in [0.4, 0.5) is 0 Å². The van der Waals surface area contributed by atoms with Crippen LogP contribution in [0, 0.1) is 6.92 Å². The predicted molar refractivity (Wildman–Crippen MR) is 114 cm³/mol. The molecule has 0 fully saturated rings. The summed E-state index contributed by atoms with van der Waals surface area (Å²) in [5, 5.41) is 2.89. The van der Waals surface area contributed by atoms with Gasteiger partial charge in [-0.05, 0) is 24.6 Å². The van der Waals surface area contributed by atoms with E-state index in [1.807, 2.05) is 55.5 Å². The van der Waals surface area contributed by atoms with Gasteiger partial charge in [-0.1, -0.05) is 36.4 Å². The Hall–Kier alpha value is -3.61. The van der Waals surface area contributed by atoms with E-state index in [1.54, 1.807) is 17.3 Å². The Bertz CT molecular complexity index is 946. The normalized spacial score (nSPS) is 10.4. The Morgan fingerprint density at radius 2 is 1.77 bits per heavy atom. The van der Waals surface area contributed by atoms with Gasteiger partial charge in [0.05, 0.1) is 11.9 Å². The number of hydrogen-bond donors (Lipinski definition) is 1. The van der Waals surface area contributed by atoms with Crippen LogP contribution in [0.3, 0.4) is 0 Å². The van der Waals surface area contributed by atoms with Gasteiger partial charge in [-0.25, -0.2) is 4.98 Å². The maximum Gasteiger partial charge on any atom is 0.274 e. The lowest BCUT2D eigenvalue weighted by Crippen LogP contribution is -2.36. The fourth-order valence-electron chi connectivity index (χ4n) is 2.92. The lowest BCUT2D eigenvalue weighted by molar-refractivity contribution is -0.121. The highest BCUT2D eigenvalue weighted by atomic mass is 16.2. The second kappa shape index (κ2) is 10.8. The molecule has 2 aromatic heterocycles. The number of rotatable bonds is 9. The van der Waals surface area contributed by atoms with Crippen molar-refractivity contribution in [2.45, 2.75) is 26.3 Å². The van der Waals surface area contributed by atoms with Crippen molar-refractivity contribution in [3.05, 3.63) is 89.8 Å². The van der Waals surface area contributed by atoms with Crippen molar-refractivity contribution in [2.75, 3.05) is 13.1 Å². The lowest BCUT2D eigenvalue weighted by Gasteiger charge is -2.22. The Morgan fingerprint density at radius 1 is 0.967 bits per heavy atom. The number of nitrogens with one attached hydrogen (secondary N) is 1. The molecule has 0 radical (unpaired) electrons. The minimum atomic E-state index is -0.243. The average Bonchev–Trinajstić information content (AvgIpc) is 2.78. The Balaban J connectivity index is 1.58. The van der Waals surface area contributed by atoms with Crippen LogP contribution in [0.1, 0.15) is 33.9 Å². The second-order valence-corrected chi connectivity index (χ2v) is 6.93. The molecule has 0 saturated carbocycles. The highest BCUT2D eigenvalue weighted by molar-refractivity contribution is 5.92. The van der Waals surface area contributed by atoms with Crippen LogP contribution < -0.4 is 5.32 Å². The molecular formula is C23H25N5O2. The van der Waals surface area contributed by atoms with Gasteiger partial charge in [0.15, 0.2) is 0 Å². The summed E-state index contributed by atoms with van der Waals surface area (Å²) >= 11 is 0. The summed E-state index contributed by atoms with van der Waals surface area (Å²) in [5.41, 5.74) is 2.93. The van der Waals surface area contributed by atoms with Gasteiger partial charge in [0.1, 0.15) is 5.69 Å². The third-order valence-corrected chi connectivity index (χ3v) is 4.54. The molecule has 7 nitrogen and oxygen atoms in total. The van der Waals surface area contributed by atoms with Gasteiger partial charge >= 0.3 is 0 Å². The number of carbonyl (C=O) groups is 2. The first-order chi connectivity index (χ1) is 14.6. The van der Waals surface area contributed by atoms with Crippen LogP contribution in [-0.2, 0) is 17.8 Å². The molecule has 0 saturated heterocycles. The monoisotopic (exact) mass is 403 g/mol. The molecule has 0 bridgehead atoms. The first-order valence-corrected chi connectivity index (χ1v) is 9.90. The van der Waals surface area contributed by atoms with Gasteiger partial charge in [-0.2, -0.15) is 0 Å². The van der Waals surface area contributed by atoms with Crippen LogP contribution in [0.15, 0.2) is 67.1 Å². The Kier molecular flexibility index (Phi) is 7.60. The standard InChI is InChI=1S/C23H25N5O2/c1-18-15-27-21(16-26-18)23(30)28(17-19-7-3-2-4-8-19)14-11-22(29)25-13-10-20-9-5-6-12-24-20/h2-9,12,15-16H,10-11,13-14,17H2,1H3,(H,25,29). The zero-order valence-corrected chi connectivity index (χ0v) is 17.0. The van der Waals surface area contributed by atoms with Crippen LogP contribution >= 0.6 is 0 Å². The second-order valence-electron chi connectivity index (χ2n) is 6.93. The number of nitrogens with zero attached hydrogens (tertiary/aromatic N) is 4. The highest BCUT2D eigenvalue weighted by Gasteiger charge is 2.19. The molecule has 0 spiro atoms. The van der Waals surface area contributed by atoms with E-state index in [0.29, 0.717) is 26.1 Å². The number of amides is 2. The molecule has 2 heterocycles. The summed E-state index contributed by atoms with van der Waals surface area (Å²) in [7, 11) is 0. The molecule has 154 valence electrons. The molecule has 2 amide bonds. The van der Waals surface area contributed by atoms with E-state index < -0.39 is 0 Å². The Labute approximate surface area is 176 Å². The van der Waals surface area contributed by atoms with E-state index >= 15 is 0 Å². The fourth-order valence-corrected chi connectivity index (χ4v) is 2.92. The van der Waals surface area contributed by atoms with E-state index in [0.717, 1.165) is 17.0 Å². The molecule has 3 aromatic rings. The lowest BCUT2D eigenvalue weighted by atomic mass is 10.2. The zero-order chi connectivity index (χ0) is 21.2. The van der Waals surface area contributed by atoms with E-state index in [2.05, 4.69) is 20.3 Å². The molecule has 30 heavy (non-hydrogen) atoms. The van der Waals surface area contributed by atoms with Crippen molar-refractivity contribution >= 4 is 11.8 Å². The van der Waals surface area contributed by atoms with Crippen molar-refractivity contribution in [3.8, 4) is 0 Å². The third-order valence-electron chi connectivity index (χ3n) is 4.54. The molecule has 1 aromatic carbocycles. The largest absolute Gasteiger partial charge is 0.356 e. The van der Waals surface area contributed by atoms with Gasteiger partial charge in [-0.15, -0.1) is 0 Å². The van der Waals surface area contributed by atoms with E-state index in [4.69, 9.17) is 0 Å². The van der Waals surface area contributed by atoms with Crippen molar-refractivity contribution in [1.82, 2.24) is 25.2 Å². The molecule has 1 N–H and O–H groups in total. The average molecular weight is 403 g/mol. The van der Waals surface area contributed by atoms with E-state index in [9.17, 15) is 9.59 Å². The number of carbonyl (C=O) groups excluding carboxylic acids is 2. The summed E-state index contributed by atoms with van der Waals surface area (Å²) in [6.07, 6.45) is 5.65. The minimum Gasteiger partial charge on any atom is -0.356 e. The molecule has 0 aliphatic carbocycles. The molecule has 0 atom stereocenters. The van der Waals surface area contributed by atoms with E-state index in [-0.39, 0.29) is 23.9 Å². The summed E-state index contributed by atoms with van der Waals surface area (Å²) < 4.78 is 0. The highest BCUT2D eigenvalue weighted by Crippen LogP contribution is 2.09. The first-order valence-electron chi connectivity index (χ1n) is 9.90. The van der Waals surface area contributed by atoms with Crippen LogP contribution in [0.2, 0.25) is 0 Å². The maximum atomic E-state index is 13.0. The fraction of sp³-hybridized carbons (Fsp3) is 0.261. The number of hydrogen-bond acceptors (Lipinski definition) is 5. The number of benzene rings is 1. The van der Waals surface area contributed by atoms with Crippen molar-refractivity contribution in [2.24, 2.45) is 0 Å². The molecule has 0 aliphatic rings. The van der Waals surface area contributed by atoms with Crippen molar-refractivity contribution in [1.29, 1.82) is 0 Å². The Morgan fingerprint density at radius 3 is 2.47 bits per heavy atom. The van der Waals surface area contributed by atoms with Gasteiger partial charge in [0, 0.05) is 50.6 Å². The van der Waals surface area contributed by atoms with Gasteiger partial charge in [-0.3, -0.25) is 19.6 Å². The summed E-state index contributed by atoms with van der Waals surface area (Å²) in [5.74, 6) is -0.348. The number of aromatic nitrogens is 3. The first kappa shape index (κ1) is 21.1. The summed E-state index contributed by atoms with van der Waals surface area (Å²) in [6.45, 7) is 3.01. The van der Waals surface area contributed by atoms with Crippen LogP contribution in [0.5, 0.6) is 0 Å². The van der Waals surface area contributed by atoms with Crippen molar-refractivity contribution < 1.29 is 9.59 Å². The topological polar surface area (TPSA) is 88.1 Å². The minimum absolute atomic E-state index is 0.105. The molecule has 3 rings (SSSR count). The smallest absolute Gasteiger partial charge is 0.274 e. The summed E-state index contributed by atoms with van der Waals surface area (Å²) in [6, 6.07) is 15.4. The summed E-state index contributed by atoms with van der Waals surface area (Å²) in [4.78, 5) is 39.5. The predicted octanol–water partition coefficient (Wildman–Crippen LogP) is 2.57. The van der Waals surface area contributed by atoms with Gasteiger partial charge in [0.2, 0.25) is 5.91 Å². The molecule has 0 aliphatic heterocycles. The number of aryl methyl sites for hydroxylation is 1. The maximum absolute atomic E-state index is 13.0. The van der Waals surface area contributed by atoms with Gasteiger partial charge in [0.25, 0.3) is 5.91 Å². The molecule has 0 unspecified atom stereocenters. The van der Waals surface area contributed by atoms with Crippen LogP contribution in [0.25, 0.3) is 0 Å². The SMILES string of the molecule is Cc1cnc(C(=O)N(CCC(=O)NCCc2ccccn2)Cc2ccccc2)cn1. The van der Waals surface area contributed by atoms with E-state index in [1.165, 1.54) is 6.20 Å². The molecular weight excluding hydrogens is 378 g/mol. The third kappa shape index (κ3) is 6.48. The number of pyridine rings is 1. The quantitative estimate of drug-likeness (QED) is 0.593. The van der Waals surface area contributed by atoms with Gasteiger partial charge < -0.3 is 10.2 Å². The van der Waals surface area contributed by atoms with Crippen LogP contribution in [-0.4, -0.2) is 44.8 Å². The zero-order valence-electron chi connectivity index (χ0n) is 17.0.